The van der Waals surface area contributed by atoms with E-state index in [1.807, 2.05) is 25.6 Å². The highest BCUT2D eigenvalue weighted by atomic mass is 32.2. The maximum atomic E-state index is 10.8. The zero-order valence-corrected chi connectivity index (χ0v) is 8.93. The minimum absolute atomic E-state index is 0.299. The Balaban J connectivity index is 2.67. The van der Waals surface area contributed by atoms with Crippen molar-refractivity contribution in [1.82, 2.24) is 0 Å². The molecule has 0 saturated carbocycles. The summed E-state index contributed by atoms with van der Waals surface area (Å²) in [6.07, 6.45) is 2.28. The molecule has 0 aliphatic carbocycles. The van der Waals surface area contributed by atoms with Crippen molar-refractivity contribution in [2.24, 2.45) is 11.1 Å². The molecule has 3 N–H and O–H groups in total. The Morgan fingerprint density at radius 3 is 2.69 bits per heavy atom. The van der Waals surface area contributed by atoms with Crippen molar-refractivity contribution in [2.45, 2.75) is 38.0 Å². The first-order chi connectivity index (χ1) is 5.96. The number of carbonyl (C=O) groups is 1. The molecule has 13 heavy (non-hydrogen) atoms. The van der Waals surface area contributed by atoms with Gasteiger partial charge in [-0.15, -0.1) is 0 Å². The second-order valence-electron chi connectivity index (χ2n) is 4.14. The van der Waals surface area contributed by atoms with Crippen LogP contribution < -0.4 is 5.73 Å². The number of hydrogen-bond donors (Lipinski definition) is 2. The minimum Gasteiger partial charge on any atom is -0.480 e. The third-order valence-electron chi connectivity index (χ3n) is 2.83. The molecule has 2 atom stereocenters. The van der Waals surface area contributed by atoms with E-state index in [9.17, 15) is 4.79 Å². The molecular formula is C9H17NO2S. The van der Waals surface area contributed by atoms with Gasteiger partial charge in [0.2, 0.25) is 0 Å². The van der Waals surface area contributed by atoms with Gasteiger partial charge in [0, 0.05) is 10.7 Å². The molecule has 1 aliphatic heterocycles. The number of carboxylic acid groups (broad SMARTS) is 1. The van der Waals surface area contributed by atoms with Crippen LogP contribution in [0.25, 0.3) is 0 Å². The summed E-state index contributed by atoms with van der Waals surface area (Å²) in [7, 11) is 0. The topological polar surface area (TPSA) is 63.3 Å². The predicted molar refractivity (Wildman–Crippen MR) is 54.9 cm³/mol. The summed E-state index contributed by atoms with van der Waals surface area (Å²) in [6, 6.07) is -0.747. The van der Waals surface area contributed by atoms with Gasteiger partial charge in [-0.05, 0) is 18.6 Å². The summed E-state index contributed by atoms with van der Waals surface area (Å²) in [5, 5.41) is 9.25. The minimum atomic E-state index is -0.891. The number of thioether (sulfide) groups is 1. The lowest BCUT2D eigenvalue weighted by molar-refractivity contribution is -0.141. The van der Waals surface area contributed by atoms with Crippen molar-refractivity contribution in [2.75, 3.05) is 5.75 Å². The zero-order valence-electron chi connectivity index (χ0n) is 8.12. The van der Waals surface area contributed by atoms with Crippen LogP contribution in [-0.4, -0.2) is 28.1 Å². The summed E-state index contributed by atoms with van der Waals surface area (Å²) in [5.74, 6) is 0.248. The summed E-state index contributed by atoms with van der Waals surface area (Å²) in [6.45, 7) is 3.91. The van der Waals surface area contributed by atoms with Gasteiger partial charge in [-0.2, -0.15) is 11.8 Å². The fraction of sp³-hybridized carbons (Fsp3) is 0.889. The fourth-order valence-electron chi connectivity index (χ4n) is 1.68. The summed E-state index contributed by atoms with van der Waals surface area (Å²) in [4.78, 5) is 10.8. The third-order valence-corrected chi connectivity index (χ3v) is 4.60. The molecule has 1 fully saturated rings. The van der Waals surface area contributed by atoms with Gasteiger partial charge >= 0.3 is 5.97 Å². The number of nitrogens with two attached hydrogens (primary N) is 1. The van der Waals surface area contributed by atoms with Crippen molar-refractivity contribution in [3.63, 3.8) is 0 Å². The molecule has 0 amide bonds. The van der Waals surface area contributed by atoms with Crippen LogP contribution in [0.3, 0.4) is 0 Å². The van der Waals surface area contributed by atoms with E-state index in [-0.39, 0.29) is 5.41 Å². The predicted octanol–water partition coefficient (Wildman–Crippen LogP) is 1.32. The number of rotatable bonds is 3. The van der Waals surface area contributed by atoms with E-state index in [0.29, 0.717) is 5.25 Å². The van der Waals surface area contributed by atoms with Crippen LogP contribution in [0.5, 0.6) is 0 Å². The van der Waals surface area contributed by atoms with Crippen molar-refractivity contribution >= 4 is 17.7 Å². The lowest BCUT2D eigenvalue weighted by Gasteiger charge is -2.34. The molecular weight excluding hydrogens is 186 g/mol. The molecule has 1 rings (SSSR count). The Kier molecular flexibility index (Phi) is 3.24. The first-order valence-corrected chi connectivity index (χ1v) is 5.61. The van der Waals surface area contributed by atoms with Crippen molar-refractivity contribution in [1.29, 1.82) is 0 Å². The quantitative estimate of drug-likeness (QED) is 0.726. The lowest BCUT2D eigenvalue weighted by atomic mass is 9.80. The highest BCUT2D eigenvalue weighted by molar-refractivity contribution is 8.00. The summed E-state index contributed by atoms with van der Waals surface area (Å²) >= 11 is 1.85. The monoisotopic (exact) mass is 203 g/mol. The van der Waals surface area contributed by atoms with Gasteiger partial charge in [0.05, 0.1) is 0 Å². The number of carboxylic acids is 1. The van der Waals surface area contributed by atoms with Gasteiger partial charge in [0.1, 0.15) is 6.04 Å². The average Bonchev–Trinajstić information content (AvgIpc) is 2.54. The van der Waals surface area contributed by atoms with Crippen LogP contribution in [0, 0.1) is 5.41 Å². The van der Waals surface area contributed by atoms with Gasteiger partial charge in [-0.1, -0.05) is 13.8 Å². The van der Waals surface area contributed by atoms with Crippen LogP contribution >= 0.6 is 11.8 Å². The second kappa shape index (κ2) is 3.88. The van der Waals surface area contributed by atoms with Gasteiger partial charge in [-0.3, -0.25) is 4.79 Å². The largest absolute Gasteiger partial charge is 0.480 e. The normalized spacial score (nSPS) is 25.9. The van der Waals surface area contributed by atoms with Crippen LogP contribution in [0.15, 0.2) is 0 Å². The van der Waals surface area contributed by atoms with E-state index in [4.69, 9.17) is 10.8 Å². The van der Waals surface area contributed by atoms with Crippen molar-refractivity contribution in [3.05, 3.63) is 0 Å². The van der Waals surface area contributed by atoms with Crippen LogP contribution in [0.4, 0.5) is 0 Å². The summed E-state index contributed by atoms with van der Waals surface area (Å²) in [5.41, 5.74) is 5.36. The molecule has 1 heterocycles. The van der Waals surface area contributed by atoms with E-state index >= 15 is 0 Å². The van der Waals surface area contributed by atoms with Gasteiger partial charge in [0.25, 0.3) is 0 Å². The molecule has 0 aromatic carbocycles. The molecule has 0 aromatic rings. The molecule has 0 bridgehead atoms. The van der Waals surface area contributed by atoms with Gasteiger partial charge in [0.15, 0.2) is 0 Å². The Bertz CT molecular complexity index is 200. The van der Waals surface area contributed by atoms with Crippen molar-refractivity contribution < 1.29 is 9.90 Å². The third kappa shape index (κ3) is 2.17. The van der Waals surface area contributed by atoms with E-state index in [1.165, 1.54) is 6.42 Å². The van der Waals surface area contributed by atoms with Gasteiger partial charge < -0.3 is 10.8 Å². The summed E-state index contributed by atoms with van der Waals surface area (Å²) < 4.78 is 0. The zero-order chi connectivity index (χ0) is 10.1. The second-order valence-corrected chi connectivity index (χ2v) is 5.45. The molecule has 1 aliphatic rings. The van der Waals surface area contributed by atoms with Gasteiger partial charge in [-0.25, -0.2) is 0 Å². The highest BCUT2D eigenvalue weighted by Crippen LogP contribution is 2.41. The van der Waals surface area contributed by atoms with Crippen LogP contribution in [0.2, 0.25) is 0 Å². The fourth-order valence-corrected chi connectivity index (χ4v) is 3.21. The lowest BCUT2D eigenvalue weighted by Crippen LogP contribution is -2.48. The van der Waals surface area contributed by atoms with E-state index in [0.717, 1.165) is 12.2 Å². The Morgan fingerprint density at radius 1 is 1.69 bits per heavy atom. The highest BCUT2D eigenvalue weighted by Gasteiger charge is 2.40. The molecule has 2 unspecified atom stereocenters. The Morgan fingerprint density at radius 2 is 2.31 bits per heavy atom. The molecule has 1 saturated heterocycles. The van der Waals surface area contributed by atoms with E-state index in [2.05, 4.69) is 0 Å². The van der Waals surface area contributed by atoms with Crippen molar-refractivity contribution in [3.8, 4) is 0 Å². The van der Waals surface area contributed by atoms with E-state index in [1.54, 1.807) is 0 Å². The van der Waals surface area contributed by atoms with Crippen LogP contribution in [0.1, 0.15) is 26.7 Å². The molecule has 3 nitrogen and oxygen atoms in total. The SMILES string of the molecule is CC(C)(C1CCCS1)C(N)C(=O)O. The standard InChI is InChI=1S/C9H17NO2S/c1-9(2,7(10)8(11)12)6-4-3-5-13-6/h6-7H,3-5,10H2,1-2H3,(H,11,12). The first kappa shape index (κ1) is 10.9. The smallest absolute Gasteiger partial charge is 0.321 e. The maximum absolute atomic E-state index is 10.8. The molecule has 0 aromatic heterocycles. The Labute approximate surface area is 83.1 Å². The van der Waals surface area contributed by atoms with Crippen LogP contribution in [-0.2, 0) is 4.79 Å². The molecule has 4 heteroatoms. The number of hydrogen-bond acceptors (Lipinski definition) is 3. The van der Waals surface area contributed by atoms with E-state index < -0.39 is 12.0 Å². The molecule has 76 valence electrons. The average molecular weight is 203 g/mol. The number of aliphatic carboxylic acids is 1. The molecule has 0 spiro atoms. The molecule has 0 radical (unpaired) electrons. The first-order valence-electron chi connectivity index (χ1n) is 4.56. The Hall–Kier alpha value is -0.220. The maximum Gasteiger partial charge on any atom is 0.321 e.